The van der Waals surface area contributed by atoms with Gasteiger partial charge >= 0.3 is 5.76 Å². The summed E-state index contributed by atoms with van der Waals surface area (Å²) < 4.78 is 4.94. The van der Waals surface area contributed by atoms with Crippen molar-refractivity contribution in [3.63, 3.8) is 0 Å². The van der Waals surface area contributed by atoms with Crippen LogP contribution in [0.4, 0.5) is 17.3 Å². The van der Waals surface area contributed by atoms with Crippen molar-refractivity contribution in [2.24, 2.45) is 0 Å². The summed E-state index contributed by atoms with van der Waals surface area (Å²) in [5, 5.41) is 6.06. The number of nitrogens with one attached hydrogen (secondary N) is 3. The molecule has 0 amide bonds. The van der Waals surface area contributed by atoms with E-state index in [2.05, 4.69) is 25.6 Å². The van der Waals surface area contributed by atoms with Crippen LogP contribution in [-0.2, 0) is 0 Å². The Morgan fingerprint density at radius 2 is 2.05 bits per heavy atom. The molecule has 0 saturated heterocycles. The van der Waals surface area contributed by atoms with Gasteiger partial charge in [-0.1, -0.05) is 0 Å². The highest BCUT2D eigenvalue weighted by molar-refractivity contribution is 5.78. The van der Waals surface area contributed by atoms with E-state index in [1.165, 1.54) is 6.33 Å². The maximum absolute atomic E-state index is 11.1. The Morgan fingerprint density at radius 3 is 2.89 bits per heavy atom. The monoisotopic (exact) mass is 257 g/mol. The molecule has 0 aliphatic carbocycles. The Bertz CT molecular complexity index is 777. The largest absolute Gasteiger partial charge is 0.417 e. The fraction of sp³-hybridized carbons (Fsp3) is 0.0833. The molecular weight excluding hydrogens is 246 g/mol. The highest BCUT2D eigenvalue weighted by Gasteiger charge is 2.03. The summed E-state index contributed by atoms with van der Waals surface area (Å²) in [4.78, 5) is 21.8. The van der Waals surface area contributed by atoms with Gasteiger partial charge in [-0.25, -0.2) is 14.8 Å². The average Bonchev–Trinajstić information content (AvgIpc) is 2.78. The SMILES string of the molecule is CNc1cc(Nc2ccc3oc(=O)[nH]c3c2)ncn1. The first-order valence-electron chi connectivity index (χ1n) is 5.64. The maximum atomic E-state index is 11.1. The third kappa shape index (κ3) is 2.25. The van der Waals surface area contributed by atoms with Gasteiger partial charge in [0.25, 0.3) is 0 Å². The van der Waals surface area contributed by atoms with Crippen molar-refractivity contribution in [1.82, 2.24) is 15.0 Å². The zero-order valence-electron chi connectivity index (χ0n) is 10.1. The van der Waals surface area contributed by atoms with E-state index < -0.39 is 5.76 Å². The minimum absolute atomic E-state index is 0.466. The lowest BCUT2D eigenvalue weighted by Crippen LogP contribution is -1.98. The van der Waals surface area contributed by atoms with Crippen LogP contribution in [0, 0.1) is 0 Å². The van der Waals surface area contributed by atoms with E-state index in [9.17, 15) is 4.79 Å². The topological polar surface area (TPSA) is 95.8 Å². The van der Waals surface area contributed by atoms with Gasteiger partial charge in [-0.3, -0.25) is 4.98 Å². The summed E-state index contributed by atoms with van der Waals surface area (Å²) in [6.45, 7) is 0. The first-order valence-corrected chi connectivity index (χ1v) is 5.64. The summed E-state index contributed by atoms with van der Waals surface area (Å²) in [7, 11) is 1.79. The molecule has 0 atom stereocenters. The van der Waals surface area contributed by atoms with E-state index in [4.69, 9.17) is 4.42 Å². The summed E-state index contributed by atoms with van der Waals surface area (Å²) in [5.74, 6) is 0.909. The molecule has 0 spiro atoms. The average molecular weight is 257 g/mol. The number of anilines is 3. The number of nitrogens with zero attached hydrogens (tertiary/aromatic N) is 2. The van der Waals surface area contributed by atoms with Crippen molar-refractivity contribution in [3.8, 4) is 0 Å². The van der Waals surface area contributed by atoms with Crippen LogP contribution in [-0.4, -0.2) is 22.0 Å². The molecule has 1 aromatic carbocycles. The number of H-pyrrole nitrogens is 1. The van der Waals surface area contributed by atoms with Gasteiger partial charge in [-0.2, -0.15) is 0 Å². The third-order valence-electron chi connectivity index (χ3n) is 2.61. The van der Waals surface area contributed by atoms with Crippen molar-refractivity contribution in [2.75, 3.05) is 17.7 Å². The van der Waals surface area contributed by atoms with Crippen LogP contribution in [0.1, 0.15) is 0 Å². The first kappa shape index (κ1) is 11.3. The molecular formula is C12H11N5O2. The maximum Gasteiger partial charge on any atom is 0.417 e. The number of hydrogen-bond acceptors (Lipinski definition) is 6. The second kappa shape index (κ2) is 4.45. The van der Waals surface area contributed by atoms with Crippen LogP contribution in [0.3, 0.4) is 0 Å². The molecule has 2 aromatic heterocycles. The lowest BCUT2D eigenvalue weighted by molar-refractivity contribution is 0.555. The van der Waals surface area contributed by atoms with Gasteiger partial charge in [0.2, 0.25) is 0 Å². The number of aromatic amines is 1. The quantitative estimate of drug-likeness (QED) is 0.661. The predicted octanol–water partition coefficient (Wildman–Crippen LogP) is 1.70. The molecule has 0 aliphatic heterocycles. The van der Waals surface area contributed by atoms with Gasteiger partial charge in [-0.15, -0.1) is 0 Å². The summed E-state index contributed by atoms with van der Waals surface area (Å²) in [5.41, 5.74) is 1.96. The van der Waals surface area contributed by atoms with Crippen molar-refractivity contribution in [1.29, 1.82) is 0 Å². The van der Waals surface area contributed by atoms with Crippen LogP contribution < -0.4 is 16.4 Å². The molecule has 0 fully saturated rings. The van der Waals surface area contributed by atoms with E-state index in [1.807, 2.05) is 0 Å². The Kier molecular flexibility index (Phi) is 2.64. The zero-order valence-corrected chi connectivity index (χ0v) is 10.1. The fourth-order valence-electron chi connectivity index (χ4n) is 1.74. The second-order valence-electron chi connectivity index (χ2n) is 3.89. The number of oxazole rings is 1. The molecule has 0 radical (unpaired) electrons. The molecule has 2 heterocycles. The van der Waals surface area contributed by atoms with Crippen LogP contribution in [0.2, 0.25) is 0 Å². The normalized spacial score (nSPS) is 10.6. The van der Waals surface area contributed by atoms with Crippen molar-refractivity contribution in [2.45, 2.75) is 0 Å². The van der Waals surface area contributed by atoms with Crippen LogP contribution in [0.25, 0.3) is 11.1 Å². The summed E-state index contributed by atoms with van der Waals surface area (Å²) in [6, 6.07) is 7.08. The molecule has 19 heavy (non-hydrogen) atoms. The number of benzene rings is 1. The Balaban J connectivity index is 1.93. The van der Waals surface area contributed by atoms with E-state index in [0.717, 1.165) is 11.5 Å². The number of aromatic nitrogens is 3. The minimum atomic E-state index is -0.466. The van der Waals surface area contributed by atoms with Gasteiger partial charge in [0, 0.05) is 18.8 Å². The van der Waals surface area contributed by atoms with E-state index >= 15 is 0 Å². The minimum Gasteiger partial charge on any atom is -0.408 e. The van der Waals surface area contributed by atoms with Gasteiger partial charge < -0.3 is 15.1 Å². The van der Waals surface area contributed by atoms with E-state index in [-0.39, 0.29) is 0 Å². The zero-order chi connectivity index (χ0) is 13.2. The second-order valence-corrected chi connectivity index (χ2v) is 3.89. The molecule has 3 N–H and O–H groups in total. The van der Waals surface area contributed by atoms with E-state index in [0.29, 0.717) is 16.9 Å². The number of hydrogen-bond donors (Lipinski definition) is 3. The summed E-state index contributed by atoms with van der Waals surface area (Å²) in [6.07, 6.45) is 1.46. The molecule has 0 aliphatic rings. The smallest absolute Gasteiger partial charge is 0.408 e. The fourth-order valence-corrected chi connectivity index (χ4v) is 1.74. The van der Waals surface area contributed by atoms with Gasteiger partial charge in [-0.05, 0) is 18.2 Å². The highest BCUT2D eigenvalue weighted by atomic mass is 16.4. The lowest BCUT2D eigenvalue weighted by Gasteiger charge is -2.06. The highest BCUT2D eigenvalue weighted by Crippen LogP contribution is 2.20. The van der Waals surface area contributed by atoms with Crippen molar-refractivity contribution < 1.29 is 4.42 Å². The number of fused-ring (bicyclic) bond motifs is 1. The molecule has 3 rings (SSSR count). The molecule has 3 aromatic rings. The Hall–Kier alpha value is -2.83. The molecule has 7 nitrogen and oxygen atoms in total. The summed E-state index contributed by atoms with van der Waals surface area (Å²) >= 11 is 0. The molecule has 0 saturated carbocycles. The van der Waals surface area contributed by atoms with Crippen LogP contribution >= 0.6 is 0 Å². The van der Waals surface area contributed by atoms with Crippen LogP contribution in [0.15, 0.2) is 39.8 Å². The van der Waals surface area contributed by atoms with Gasteiger partial charge in [0.05, 0.1) is 5.52 Å². The number of rotatable bonds is 3. The molecule has 7 heteroatoms. The van der Waals surface area contributed by atoms with Gasteiger partial charge in [0.1, 0.15) is 18.0 Å². The Morgan fingerprint density at radius 1 is 1.21 bits per heavy atom. The van der Waals surface area contributed by atoms with Crippen molar-refractivity contribution in [3.05, 3.63) is 41.1 Å². The third-order valence-corrected chi connectivity index (χ3v) is 2.61. The lowest BCUT2D eigenvalue weighted by atomic mass is 10.3. The first-order chi connectivity index (χ1) is 9.24. The molecule has 96 valence electrons. The van der Waals surface area contributed by atoms with Gasteiger partial charge in [0.15, 0.2) is 5.58 Å². The Labute approximate surface area is 107 Å². The van der Waals surface area contributed by atoms with Crippen LogP contribution in [0.5, 0.6) is 0 Å². The molecule has 0 unspecified atom stereocenters. The standard InChI is InChI=1S/C12H11N5O2/c1-13-10-5-11(15-6-14-10)16-7-2-3-9-8(4-7)17-12(18)19-9/h2-6H,1H3,(H,17,18)(H2,13,14,15,16). The van der Waals surface area contributed by atoms with E-state index in [1.54, 1.807) is 31.3 Å². The predicted molar refractivity (Wildman–Crippen MR) is 71.7 cm³/mol. The van der Waals surface area contributed by atoms with Crippen molar-refractivity contribution >= 4 is 28.4 Å². The molecule has 0 bridgehead atoms.